The van der Waals surface area contributed by atoms with Crippen LogP contribution in [0.15, 0.2) is 0 Å². The van der Waals surface area contributed by atoms with E-state index < -0.39 is 5.41 Å². The predicted octanol–water partition coefficient (Wildman–Crippen LogP) is 1.28. The van der Waals surface area contributed by atoms with Crippen molar-refractivity contribution in [2.45, 2.75) is 52.0 Å². The van der Waals surface area contributed by atoms with Gasteiger partial charge in [0.2, 0.25) is 11.8 Å². The highest BCUT2D eigenvalue weighted by Crippen LogP contribution is 2.35. The first kappa shape index (κ1) is 11.3. The maximum Gasteiger partial charge on any atom is 0.235 e. The molecule has 0 radical (unpaired) electrons. The lowest BCUT2D eigenvalue weighted by molar-refractivity contribution is -0.145. The Balaban J connectivity index is 2.13. The third-order valence-corrected chi connectivity index (χ3v) is 3.54. The summed E-state index contributed by atoms with van der Waals surface area (Å²) >= 11 is 0. The van der Waals surface area contributed by atoms with E-state index in [4.69, 9.17) is 0 Å². The van der Waals surface area contributed by atoms with Gasteiger partial charge >= 0.3 is 0 Å². The lowest BCUT2D eigenvalue weighted by Gasteiger charge is -2.30. The second kappa shape index (κ2) is 3.68. The molecular weight excluding hydrogens is 206 g/mol. The molecule has 2 aliphatic rings. The van der Waals surface area contributed by atoms with Crippen LogP contribution in [0.1, 0.15) is 46.0 Å². The Morgan fingerprint density at radius 3 is 2.12 bits per heavy atom. The SMILES string of the molecule is CC1(C)CC(=O)N(C2CCC(=O)CC2)C1=O. The maximum absolute atomic E-state index is 12.0. The number of ketones is 1. The summed E-state index contributed by atoms with van der Waals surface area (Å²) < 4.78 is 0. The third kappa shape index (κ3) is 1.77. The molecule has 2 amide bonds. The van der Waals surface area contributed by atoms with Crippen LogP contribution in [0, 0.1) is 5.41 Å². The van der Waals surface area contributed by atoms with Crippen molar-refractivity contribution in [2.24, 2.45) is 5.41 Å². The number of nitrogens with zero attached hydrogens (tertiary/aromatic N) is 1. The van der Waals surface area contributed by atoms with Crippen molar-refractivity contribution in [1.29, 1.82) is 0 Å². The van der Waals surface area contributed by atoms with Gasteiger partial charge in [-0.3, -0.25) is 19.3 Å². The second-order valence-electron chi connectivity index (χ2n) is 5.40. The van der Waals surface area contributed by atoms with E-state index in [1.54, 1.807) is 13.8 Å². The fraction of sp³-hybridized carbons (Fsp3) is 0.750. The Labute approximate surface area is 95.0 Å². The fourth-order valence-electron chi connectivity index (χ4n) is 2.53. The first-order valence-corrected chi connectivity index (χ1v) is 5.80. The smallest absolute Gasteiger partial charge is 0.235 e. The summed E-state index contributed by atoms with van der Waals surface area (Å²) in [5.41, 5.74) is -0.557. The van der Waals surface area contributed by atoms with E-state index in [0.717, 1.165) is 0 Å². The number of rotatable bonds is 1. The van der Waals surface area contributed by atoms with Crippen molar-refractivity contribution >= 4 is 17.6 Å². The molecule has 0 aromatic heterocycles. The zero-order valence-electron chi connectivity index (χ0n) is 9.78. The van der Waals surface area contributed by atoms with Crippen LogP contribution >= 0.6 is 0 Å². The molecule has 2 fully saturated rings. The number of likely N-dealkylation sites (tertiary alicyclic amines) is 1. The quantitative estimate of drug-likeness (QED) is 0.629. The Hall–Kier alpha value is -1.19. The first-order valence-electron chi connectivity index (χ1n) is 5.80. The van der Waals surface area contributed by atoms with E-state index in [1.807, 2.05) is 0 Å². The molecule has 1 saturated carbocycles. The van der Waals surface area contributed by atoms with Crippen molar-refractivity contribution in [2.75, 3.05) is 0 Å². The van der Waals surface area contributed by atoms with Gasteiger partial charge in [-0.15, -0.1) is 0 Å². The monoisotopic (exact) mass is 223 g/mol. The molecule has 1 saturated heterocycles. The molecule has 0 atom stereocenters. The van der Waals surface area contributed by atoms with Crippen LogP contribution in [0.5, 0.6) is 0 Å². The Bertz CT molecular complexity index is 349. The number of hydrogen-bond donors (Lipinski definition) is 0. The van der Waals surface area contributed by atoms with Crippen molar-refractivity contribution in [3.05, 3.63) is 0 Å². The van der Waals surface area contributed by atoms with Crippen LogP contribution in [0.25, 0.3) is 0 Å². The standard InChI is InChI=1S/C12H17NO3/c1-12(2)7-10(15)13(11(12)16)8-3-5-9(14)6-4-8/h8H,3-7H2,1-2H3. The van der Waals surface area contributed by atoms with E-state index >= 15 is 0 Å². The number of carbonyl (C=O) groups is 3. The molecule has 1 aliphatic carbocycles. The summed E-state index contributed by atoms with van der Waals surface area (Å²) in [5.74, 6) is 0.0980. The second-order valence-corrected chi connectivity index (χ2v) is 5.40. The van der Waals surface area contributed by atoms with Gasteiger partial charge in [0.1, 0.15) is 5.78 Å². The molecule has 2 rings (SSSR count). The van der Waals surface area contributed by atoms with Gasteiger partial charge in [0.05, 0.1) is 5.41 Å². The fourth-order valence-corrected chi connectivity index (χ4v) is 2.53. The molecule has 0 aromatic rings. The number of carbonyl (C=O) groups excluding carboxylic acids is 3. The van der Waals surface area contributed by atoms with Gasteiger partial charge in [0.25, 0.3) is 0 Å². The largest absolute Gasteiger partial charge is 0.300 e. The molecule has 0 N–H and O–H groups in total. The van der Waals surface area contributed by atoms with Gasteiger partial charge in [-0.1, -0.05) is 13.8 Å². The average molecular weight is 223 g/mol. The van der Waals surface area contributed by atoms with E-state index in [1.165, 1.54) is 4.90 Å². The summed E-state index contributed by atoms with van der Waals surface area (Å²) in [6, 6.07) is -0.0422. The average Bonchev–Trinajstić information content (AvgIpc) is 2.39. The lowest BCUT2D eigenvalue weighted by atomic mass is 9.91. The highest BCUT2D eigenvalue weighted by molar-refractivity contribution is 6.05. The zero-order valence-corrected chi connectivity index (χ0v) is 9.78. The molecular formula is C12H17NO3. The third-order valence-electron chi connectivity index (χ3n) is 3.54. The molecule has 1 heterocycles. The van der Waals surface area contributed by atoms with Crippen molar-refractivity contribution in [3.63, 3.8) is 0 Å². The Morgan fingerprint density at radius 1 is 1.12 bits per heavy atom. The summed E-state index contributed by atoms with van der Waals surface area (Å²) in [5, 5.41) is 0. The molecule has 88 valence electrons. The maximum atomic E-state index is 12.0. The highest BCUT2D eigenvalue weighted by Gasteiger charge is 2.47. The van der Waals surface area contributed by atoms with Gasteiger partial charge in [0.15, 0.2) is 0 Å². The Morgan fingerprint density at radius 2 is 1.69 bits per heavy atom. The number of imide groups is 1. The van der Waals surface area contributed by atoms with Crippen LogP contribution in [-0.4, -0.2) is 28.5 Å². The number of Topliss-reactive ketones (excluding diaryl/α,β-unsaturated/α-hetero) is 1. The van der Waals surface area contributed by atoms with Crippen LogP contribution < -0.4 is 0 Å². The van der Waals surface area contributed by atoms with Crippen molar-refractivity contribution in [3.8, 4) is 0 Å². The summed E-state index contributed by atoms with van der Waals surface area (Å²) in [6.45, 7) is 3.61. The lowest BCUT2D eigenvalue weighted by Crippen LogP contribution is -2.43. The number of hydrogen-bond acceptors (Lipinski definition) is 3. The van der Waals surface area contributed by atoms with E-state index in [0.29, 0.717) is 32.1 Å². The van der Waals surface area contributed by atoms with Crippen LogP contribution in [0.4, 0.5) is 0 Å². The van der Waals surface area contributed by atoms with E-state index in [2.05, 4.69) is 0 Å². The zero-order chi connectivity index (χ0) is 11.9. The summed E-state index contributed by atoms with van der Waals surface area (Å²) in [4.78, 5) is 36.4. The van der Waals surface area contributed by atoms with Crippen LogP contribution in [-0.2, 0) is 14.4 Å². The topological polar surface area (TPSA) is 54.5 Å². The van der Waals surface area contributed by atoms with E-state index in [9.17, 15) is 14.4 Å². The first-order chi connectivity index (χ1) is 7.42. The van der Waals surface area contributed by atoms with E-state index in [-0.39, 0.29) is 23.6 Å². The molecule has 1 aliphatic heterocycles. The van der Waals surface area contributed by atoms with Crippen LogP contribution in [0.3, 0.4) is 0 Å². The van der Waals surface area contributed by atoms with Crippen molar-refractivity contribution in [1.82, 2.24) is 4.90 Å². The molecule has 0 aromatic carbocycles. The predicted molar refractivity (Wildman–Crippen MR) is 57.5 cm³/mol. The summed E-state index contributed by atoms with van der Waals surface area (Å²) in [7, 11) is 0. The molecule has 0 spiro atoms. The van der Waals surface area contributed by atoms with Crippen molar-refractivity contribution < 1.29 is 14.4 Å². The van der Waals surface area contributed by atoms with Gasteiger partial charge in [-0.25, -0.2) is 0 Å². The van der Waals surface area contributed by atoms with Crippen LogP contribution in [0.2, 0.25) is 0 Å². The van der Waals surface area contributed by atoms with Gasteiger partial charge in [-0.2, -0.15) is 0 Å². The normalized spacial score (nSPS) is 26.6. The molecule has 16 heavy (non-hydrogen) atoms. The summed E-state index contributed by atoms with van der Waals surface area (Å²) in [6.07, 6.45) is 2.60. The minimum Gasteiger partial charge on any atom is -0.300 e. The minimum absolute atomic E-state index is 0.0422. The Kier molecular flexibility index (Phi) is 2.60. The minimum atomic E-state index is -0.557. The molecule has 0 bridgehead atoms. The number of amides is 2. The molecule has 0 unspecified atom stereocenters. The van der Waals surface area contributed by atoms with Gasteiger partial charge < -0.3 is 0 Å². The van der Waals surface area contributed by atoms with Gasteiger partial charge in [0, 0.05) is 25.3 Å². The highest BCUT2D eigenvalue weighted by atomic mass is 16.2. The molecule has 4 nitrogen and oxygen atoms in total. The van der Waals surface area contributed by atoms with Gasteiger partial charge in [-0.05, 0) is 12.8 Å². The molecule has 4 heteroatoms.